The van der Waals surface area contributed by atoms with Crippen LogP contribution in [-0.2, 0) is 26.2 Å². The number of hydrogen-bond donors (Lipinski definition) is 1. The standard InChI is InChI=1S/C27H37Cl2N3O4S/c1-6-20(4)30-27(34)24(7-2)31(18-21-11-14-22(28)15-12-21)26(33)9-8-16-32(37(5,35)36)25-17-23(29)13-10-19(25)3/h10-15,17,20,24H,6-9,16,18H2,1-5H3,(H,30,34)/t20-,24-/m0/s1. The van der Waals surface area contributed by atoms with Crippen molar-refractivity contribution in [1.82, 2.24) is 10.2 Å². The van der Waals surface area contributed by atoms with Crippen molar-refractivity contribution in [3.63, 3.8) is 0 Å². The molecular formula is C27H37Cl2N3O4S. The van der Waals surface area contributed by atoms with Crippen LogP contribution in [0.3, 0.4) is 0 Å². The summed E-state index contributed by atoms with van der Waals surface area (Å²) in [7, 11) is -3.61. The SMILES string of the molecule is CC[C@H](C)NC(=O)[C@H](CC)N(Cc1ccc(Cl)cc1)C(=O)CCCN(c1cc(Cl)ccc1C)S(C)(=O)=O. The second-order valence-electron chi connectivity index (χ2n) is 9.26. The van der Waals surface area contributed by atoms with Gasteiger partial charge in [0.2, 0.25) is 21.8 Å². The first-order valence-corrected chi connectivity index (χ1v) is 15.1. The van der Waals surface area contributed by atoms with Crippen LogP contribution in [0.25, 0.3) is 0 Å². The summed E-state index contributed by atoms with van der Waals surface area (Å²) in [6, 6.07) is 11.6. The van der Waals surface area contributed by atoms with Crippen LogP contribution in [-0.4, -0.2) is 50.0 Å². The van der Waals surface area contributed by atoms with E-state index in [1.165, 1.54) is 4.31 Å². The molecule has 7 nitrogen and oxygen atoms in total. The topological polar surface area (TPSA) is 86.8 Å². The average molecular weight is 571 g/mol. The molecule has 2 atom stereocenters. The van der Waals surface area contributed by atoms with Crippen molar-refractivity contribution < 1.29 is 18.0 Å². The number of nitrogens with zero attached hydrogens (tertiary/aromatic N) is 2. The molecule has 2 amide bonds. The fraction of sp³-hybridized carbons (Fsp3) is 0.481. The highest BCUT2D eigenvalue weighted by molar-refractivity contribution is 7.92. The van der Waals surface area contributed by atoms with E-state index in [9.17, 15) is 18.0 Å². The van der Waals surface area contributed by atoms with Crippen molar-refractivity contribution in [2.24, 2.45) is 0 Å². The largest absolute Gasteiger partial charge is 0.352 e. The van der Waals surface area contributed by atoms with Crippen LogP contribution in [0.1, 0.15) is 57.6 Å². The highest BCUT2D eigenvalue weighted by atomic mass is 35.5. The molecule has 2 aromatic carbocycles. The van der Waals surface area contributed by atoms with Gasteiger partial charge in [0.1, 0.15) is 6.04 Å². The Morgan fingerprint density at radius 2 is 1.62 bits per heavy atom. The average Bonchev–Trinajstić information content (AvgIpc) is 2.83. The van der Waals surface area contributed by atoms with Gasteiger partial charge in [-0.3, -0.25) is 13.9 Å². The zero-order valence-electron chi connectivity index (χ0n) is 22.1. The number of amides is 2. The summed E-state index contributed by atoms with van der Waals surface area (Å²) < 4.78 is 26.4. The lowest BCUT2D eigenvalue weighted by molar-refractivity contribution is -0.141. The molecule has 0 fully saturated rings. The van der Waals surface area contributed by atoms with Crippen LogP contribution in [0.15, 0.2) is 42.5 Å². The van der Waals surface area contributed by atoms with E-state index >= 15 is 0 Å². The van der Waals surface area contributed by atoms with Crippen molar-refractivity contribution in [2.75, 3.05) is 17.1 Å². The Balaban J connectivity index is 2.25. The third-order valence-electron chi connectivity index (χ3n) is 6.25. The molecule has 0 spiro atoms. The van der Waals surface area contributed by atoms with Gasteiger partial charge in [-0.2, -0.15) is 0 Å². The van der Waals surface area contributed by atoms with Gasteiger partial charge in [-0.05, 0) is 68.5 Å². The smallest absolute Gasteiger partial charge is 0.243 e. The van der Waals surface area contributed by atoms with Gasteiger partial charge in [0.25, 0.3) is 0 Å². The first-order valence-electron chi connectivity index (χ1n) is 12.5. The number of hydrogen-bond acceptors (Lipinski definition) is 4. The summed E-state index contributed by atoms with van der Waals surface area (Å²) in [5.41, 5.74) is 2.10. The number of benzene rings is 2. The first kappa shape index (κ1) is 30.9. The molecule has 0 aliphatic heterocycles. The second kappa shape index (κ2) is 14.0. The monoisotopic (exact) mass is 569 g/mol. The van der Waals surface area contributed by atoms with E-state index in [1.54, 1.807) is 35.2 Å². The maximum absolute atomic E-state index is 13.5. The summed E-state index contributed by atoms with van der Waals surface area (Å²) in [5.74, 6) is -0.427. The molecule has 1 N–H and O–H groups in total. The second-order valence-corrected chi connectivity index (χ2v) is 12.0. The number of carbonyl (C=O) groups excluding carboxylic acids is 2. The predicted molar refractivity (Wildman–Crippen MR) is 152 cm³/mol. The highest BCUT2D eigenvalue weighted by Crippen LogP contribution is 2.27. The molecule has 10 heteroatoms. The molecule has 0 aromatic heterocycles. The molecule has 0 heterocycles. The fourth-order valence-corrected chi connectivity index (χ4v) is 5.29. The number of anilines is 1. The van der Waals surface area contributed by atoms with Crippen molar-refractivity contribution in [3.8, 4) is 0 Å². The van der Waals surface area contributed by atoms with Gasteiger partial charge < -0.3 is 10.2 Å². The van der Waals surface area contributed by atoms with E-state index in [-0.39, 0.29) is 43.8 Å². The van der Waals surface area contributed by atoms with Gasteiger partial charge in [-0.1, -0.05) is 55.2 Å². The molecule has 0 bridgehead atoms. The Morgan fingerprint density at radius 3 is 2.19 bits per heavy atom. The van der Waals surface area contributed by atoms with Crippen LogP contribution >= 0.6 is 23.2 Å². The number of sulfonamides is 1. The van der Waals surface area contributed by atoms with Gasteiger partial charge in [0.15, 0.2) is 0 Å². The van der Waals surface area contributed by atoms with Crippen molar-refractivity contribution in [2.45, 2.75) is 72.0 Å². The van der Waals surface area contributed by atoms with Crippen LogP contribution < -0.4 is 9.62 Å². The van der Waals surface area contributed by atoms with E-state index in [4.69, 9.17) is 23.2 Å². The number of carbonyl (C=O) groups is 2. The molecule has 0 saturated carbocycles. The summed E-state index contributed by atoms with van der Waals surface area (Å²) in [4.78, 5) is 28.1. The molecule has 0 saturated heterocycles. The molecule has 2 rings (SSSR count). The minimum Gasteiger partial charge on any atom is -0.352 e. The molecule has 0 radical (unpaired) electrons. The zero-order valence-corrected chi connectivity index (χ0v) is 24.5. The van der Waals surface area contributed by atoms with Crippen molar-refractivity contribution >= 4 is 50.7 Å². The fourth-order valence-electron chi connectivity index (χ4n) is 3.98. The van der Waals surface area contributed by atoms with E-state index in [0.29, 0.717) is 22.2 Å². The van der Waals surface area contributed by atoms with E-state index in [2.05, 4.69) is 5.32 Å². The highest BCUT2D eigenvalue weighted by Gasteiger charge is 2.29. The van der Waals surface area contributed by atoms with Crippen LogP contribution in [0, 0.1) is 6.92 Å². The Labute approximate surface area is 231 Å². The lowest BCUT2D eigenvalue weighted by Gasteiger charge is -2.32. The summed E-state index contributed by atoms with van der Waals surface area (Å²) in [5, 5.41) is 4.00. The number of rotatable bonds is 13. The van der Waals surface area contributed by atoms with Gasteiger partial charge >= 0.3 is 0 Å². The van der Waals surface area contributed by atoms with Crippen LogP contribution in [0.4, 0.5) is 5.69 Å². The van der Waals surface area contributed by atoms with Crippen molar-refractivity contribution in [1.29, 1.82) is 0 Å². The lowest BCUT2D eigenvalue weighted by atomic mass is 10.1. The van der Waals surface area contributed by atoms with E-state index < -0.39 is 16.1 Å². The third kappa shape index (κ3) is 9.20. The normalized spacial score (nSPS) is 13.1. The van der Waals surface area contributed by atoms with E-state index in [1.807, 2.05) is 39.8 Å². The number of nitrogens with one attached hydrogen (secondary N) is 1. The maximum atomic E-state index is 13.5. The number of aryl methyl sites for hydroxylation is 1. The summed E-state index contributed by atoms with van der Waals surface area (Å²) in [6.45, 7) is 7.94. The van der Waals surface area contributed by atoms with Crippen LogP contribution in [0.2, 0.25) is 10.0 Å². The molecular weight excluding hydrogens is 533 g/mol. The third-order valence-corrected chi connectivity index (χ3v) is 7.91. The van der Waals surface area contributed by atoms with Gasteiger partial charge in [-0.25, -0.2) is 8.42 Å². The van der Waals surface area contributed by atoms with Gasteiger partial charge in [0, 0.05) is 35.6 Å². The Kier molecular flexibility index (Phi) is 11.7. The maximum Gasteiger partial charge on any atom is 0.243 e. The Bertz CT molecular complexity index is 1170. The van der Waals surface area contributed by atoms with Crippen molar-refractivity contribution in [3.05, 3.63) is 63.6 Å². The Hall–Kier alpha value is -2.29. The minimum atomic E-state index is -3.61. The Morgan fingerprint density at radius 1 is 1.00 bits per heavy atom. The summed E-state index contributed by atoms with van der Waals surface area (Å²) in [6.07, 6.45) is 2.70. The number of halogens is 2. The predicted octanol–water partition coefficient (Wildman–Crippen LogP) is 5.57. The quantitative estimate of drug-likeness (QED) is 0.341. The zero-order chi connectivity index (χ0) is 27.8. The molecule has 0 aliphatic carbocycles. The first-order chi connectivity index (χ1) is 17.4. The molecule has 204 valence electrons. The van der Waals surface area contributed by atoms with Gasteiger partial charge in [0.05, 0.1) is 11.9 Å². The van der Waals surface area contributed by atoms with E-state index in [0.717, 1.165) is 23.8 Å². The molecule has 37 heavy (non-hydrogen) atoms. The van der Waals surface area contributed by atoms with Crippen LogP contribution in [0.5, 0.6) is 0 Å². The molecule has 2 aromatic rings. The summed E-state index contributed by atoms with van der Waals surface area (Å²) >= 11 is 12.1. The minimum absolute atomic E-state index is 0.0155. The van der Waals surface area contributed by atoms with Gasteiger partial charge in [-0.15, -0.1) is 0 Å². The lowest BCUT2D eigenvalue weighted by Crippen LogP contribution is -2.50. The molecule has 0 unspecified atom stereocenters. The molecule has 0 aliphatic rings.